The third-order valence-electron chi connectivity index (χ3n) is 2.03. The van der Waals surface area contributed by atoms with Crippen molar-refractivity contribution in [1.82, 2.24) is 5.43 Å². The lowest BCUT2D eigenvalue weighted by atomic mass is 10.4. The van der Waals surface area contributed by atoms with Gasteiger partial charge in [0.25, 0.3) is 0 Å². The summed E-state index contributed by atoms with van der Waals surface area (Å²) in [5.74, 6) is 1.02. The summed E-state index contributed by atoms with van der Waals surface area (Å²) in [6.07, 6.45) is 6.42. The minimum Gasteiger partial charge on any atom is -0.273 e. The van der Waals surface area contributed by atoms with Gasteiger partial charge in [-0.2, -0.15) is 5.10 Å². The Hall–Kier alpha value is -0.860. The van der Waals surface area contributed by atoms with E-state index in [9.17, 15) is 4.79 Å². The van der Waals surface area contributed by atoms with E-state index in [1.807, 2.05) is 6.21 Å². The van der Waals surface area contributed by atoms with Crippen LogP contribution in [-0.4, -0.2) is 12.1 Å². The Bertz CT molecular complexity index is 192. The zero-order valence-electron chi connectivity index (χ0n) is 6.42. The van der Waals surface area contributed by atoms with Gasteiger partial charge in [0.15, 0.2) is 0 Å². The molecule has 0 radical (unpaired) electrons. The van der Waals surface area contributed by atoms with Crippen LogP contribution < -0.4 is 5.43 Å². The topological polar surface area (TPSA) is 41.5 Å². The van der Waals surface area contributed by atoms with Gasteiger partial charge in [-0.25, -0.2) is 5.43 Å². The summed E-state index contributed by atoms with van der Waals surface area (Å²) in [5.41, 5.74) is 2.55. The fourth-order valence-electron chi connectivity index (χ4n) is 0.888. The van der Waals surface area contributed by atoms with Gasteiger partial charge < -0.3 is 0 Å². The molecular weight excluding hydrogens is 140 g/mol. The minimum atomic E-state index is 0.0990. The highest BCUT2D eigenvalue weighted by molar-refractivity contribution is 5.81. The third kappa shape index (κ3) is 2.03. The first-order chi connectivity index (χ1) is 5.36. The average Bonchev–Trinajstić information content (AvgIpc) is 2.85. The molecule has 2 rings (SSSR count). The maximum atomic E-state index is 11.0. The molecule has 0 bridgehead atoms. The fraction of sp³-hybridized carbons (Fsp3) is 0.750. The summed E-state index contributed by atoms with van der Waals surface area (Å²) in [4.78, 5) is 11.0. The number of hydrogen-bond donors (Lipinski definition) is 1. The molecule has 0 aromatic heterocycles. The van der Waals surface area contributed by atoms with Crippen LogP contribution in [0.3, 0.4) is 0 Å². The molecule has 2 aliphatic carbocycles. The zero-order chi connectivity index (χ0) is 7.68. The van der Waals surface area contributed by atoms with Crippen LogP contribution in [0.2, 0.25) is 0 Å². The highest BCUT2D eigenvalue weighted by atomic mass is 16.2. The molecule has 0 aromatic rings. The van der Waals surface area contributed by atoms with Crippen LogP contribution in [0.5, 0.6) is 0 Å². The molecule has 3 nitrogen and oxygen atoms in total. The van der Waals surface area contributed by atoms with E-state index in [1.165, 1.54) is 12.8 Å². The Labute approximate surface area is 65.9 Å². The number of carbonyl (C=O) groups excluding carboxylic acids is 1. The molecule has 1 N–H and O–H groups in total. The summed E-state index contributed by atoms with van der Waals surface area (Å²) in [6, 6.07) is 0. The van der Waals surface area contributed by atoms with E-state index >= 15 is 0 Å². The molecule has 0 aliphatic heterocycles. The monoisotopic (exact) mass is 152 g/mol. The lowest BCUT2D eigenvalue weighted by Gasteiger charge is -1.93. The molecule has 11 heavy (non-hydrogen) atoms. The number of hydrazone groups is 1. The van der Waals surface area contributed by atoms with Crippen molar-refractivity contribution in [3.8, 4) is 0 Å². The SMILES string of the molecule is O=C(N/N=C/C1CC1)C1CC1. The summed E-state index contributed by atoms with van der Waals surface area (Å²) in [6.45, 7) is 0. The van der Waals surface area contributed by atoms with Gasteiger partial charge in [0.2, 0.25) is 5.91 Å². The number of rotatable bonds is 3. The largest absolute Gasteiger partial charge is 0.273 e. The molecule has 0 heterocycles. The van der Waals surface area contributed by atoms with Crippen molar-refractivity contribution in [3.63, 3.8) is 0 Å². The third-order valence-corrected chi connectivity index (χ3v) is 2.03. The van der Waals surface area contributed by atoms with Crippen molar-refractivity contribution >= 4 is 12.1 Å². The van der Waals surface area contributed by atoms with Crippen LogP contribution in [0.4, 0.5) is 0 Å². The molecule has 2 aliphatic rings. The standard InChI is InChI=1S/C8H12N2O/c11-8(7-3-4-7)10-9-5-6-1-2-6/h5-7H,1-4H2,(H,10,11)/b9-5+. The van der Waals surface area contributed by atoms with Crippen LogP contribution in [0.25, 0.3) is 0 Å². The molecule has 1 amide bonds. The Morgan fingerprint density at radius 1 is 1.36 bits per heavy atom. The first-order valence-corrected chi connectivity index (χ1v) is 4.19. The van der Waals surface area contributed by atoms with Gasteiger partial charge in [-0.15, -0.1) is 0 Å². The van der Waals surface area contributed by atoms with Crippen molar-refractivity contribution in [3.05, 3.63) is 0 Å². The van der Waals surface area contributed by atoms with E-state index in [1.54, 1.807) is 0 Å². The summed E-state index contributed by atoms with van der Waals surface area (Å²) in [7, 11) is 0. The van der Waals surface area contributed by atoms with E-state index in [0.29, 0.717) is 5.92 Å². The molecule has 0 spiro atoms. The molecular formula is C8H12N2O. The van der Waals surface area contributed by atoms with Crippen molar-refractivity contribution in [1.29, 1.82) is 0 Å². The zero-order valence-corrected chi connectivity index (χ0v) is 6.42. The quantitative estimate of drug-likeness (QED) is 0.474. The normalized spacial score (nSPS) is 24.0. The molecule has 0 unspecified atom stereocenters. The second kappa shape index (κ2) is 2.64. The first-order valence-electron chi connectivity index (χ1n) is 4.19. The summed E-state index contributed by atoms with van der Waals surface area (Å²) in [5, 5.41) is 3.87. The Morgan fingerprint density at radius 3 is 2.64 bits per heavy atom. The lowest BCUT2D eigenvalue weighted by Crippen LogP contribution is -2.18. The highest BCUT2D eigenvalue weighted by Gasteiger charge is 2.29. The molecule has 0 atom stereocenters. The van der Waals surface area contributed by atoms with Crippen LogP contribution in [0.15, 0.2) is 5.10 Å². The molecule has 3 heteroatoms. The minimum absolute atomic E-state index is 0.0990. The average molecular weight is 152 g/mol. The molecule has 2 saturated carbocycles. The molecule has 60 valence electrons. The van der Waals surface area contributed by atoms with Crippen LogP contribution in [0, 0.1) is 11.8 Å². The van der Waals surface area contributed by atoms with E-state index in [4.69, 9.17) is 0 Å². The maximum absolute atomic E-state index is 11.0. The maximum Gasteiger partial charge on any atom is 0.243 e. The van der Waals surface area contributed by atoms with Gasteiger partial charge in [0.1, 0.15) is 0 Å². The fourth-order valence-corrected chi connectivity index (χ4v) is 0.888. The van der Waals surface area contributed by atoms with E-state index < -0.39 is 0 Å². The number of amides is 1. The van der Waals surface area contributed by atoms with E-state index in [-0.39, 0.29) is 11.8 Å². The predicted molar refractivity (Wildman–Crippen MR) is 42.1 cm³/mol. The van der Waals surface area contributed by atoms with Crippen LogP contribution >= 0.6 is 0 Å². The second-order valence-corrected chi connectivity index (χ2v) is 3.37. The van der Waals surface area contributed by atoms with Crippen molar-refractivity contribution in [2.24, 2.45) is 16.9 Å². The summed E-state index contributed by atoms with van der Waals surface area (Å²) < 4.78 is 0. The number of nitrogens with one attached hydrogen (secondary N) is 1. The Balaban J connectivity index is 1.67. The summed E-state index contributed by atoms with van der Waals surface area (Å²) >= 11 is 0. The van der Waals surface area contributed by atoms with Crippen molar-refractivity contribution < 1.29 is 4.79 Å². The Kier molecular flexibility index (Phi) is 1.64. The number of nitrogens with zero attached hydrogens (tertiary/aromatic N) is 1. The van der Waals surface area contributed by atoms with Gasteiger partial charge in [-0.1, -0.05) is 0 Å². The Morgan fingerprint density at radius 2 is 2.09 bits per heavy atom. The number of hydrogen-bond acceptors (Lipinski definition) is 2. The molecule has 0 saturated heterocycles. The van der Waals surface area contributed by atoms with Crippen molar-refractivity contribution in [2.75, 3.05) is 0 Å². The van der Waals surface area contributed by atoms with E-state index in [0.717, 1.165) is 12.8 Å². The lowest BCUT2D eigenvalue weighted by molar-refractivity contribution is -0.122. The van der Waals surface area contributed by atoms with Crippen molar-refractivity contribution in [2.45, 2.75) is 25.7 Å². The van der Waals surface area contributed by atoms with Gasteiger partial charge in [-0.05, 0) is 31.6 Å². The van der Waals surface area contributed by atoms with Gasteiger partial charge in [0.05, 0.1) is 0 Å². The first kappa shape index (κ1) is 6.83. The van der Waals surface area contributed by atoms with Gasteiger partial charge >= 0.3 is 0 Å². The highest BCUT2D eigenvalue weighted by Crippen LogP contribution is 2.29. The van der Waals surface area contributed by atoms with Crippen LogP contribution in [0.1, 0.15) is 25.7 Å². The van der Waals surface area contributed by atoms with Crippen LogP contribution in [-0.2, 0) is 4.79 Å². The predicted octanol–water partition coefficient (Wildman–Crippen LogP) is 0.908. The molecule has 0 aromatic carbocycles. The van der Waals surface area contributed by atoms with Gasteiger partial charge in [-0.3, -0.25) is 4.79 Å². The number of carbonyl (C=O) groups is 1. The van der Waals surface area contributed by atoms with E-state index in [2.05, 4.69) is 10.5 Å². The van der Waals surface area contributed by atoms with Gasteiger partial charge in [0, 0.05) is 12.1 Å². The smallest absolute Gasteiger partial charge is 0.243 e. The molecule has 2 fully saturated rings. The second-order valence-electron chi connectivity index (χ2n) is 3.37.